The summed E-state index contributed by atoms with van der Waals surface area (Å²) in [4.78, 5) is 21.8. The normalized spacial score (nSPS) is 30.2. The molecule has 0 amide bonds. The van der Waals surface area contributed by atoms with Crippen molar-refractivity contribution in [2.45, 2.75) is 25.4 Å². The molecular formula is C8H12O4. The Bertz CT molecular complexity index is 199. The number of aliphatic carboxylic acids is 1. The molecular weight excluding hydrogens is 160 g/mol. The summed E-state index contributed by atoms with van der Waals surface area (Å²) in [6.45, 7) is 0. The van der Waals surface area contributed by atoms with Gasteiger partial charge in [0.1, 0.15) is 6.10 Å². The van der Waals surface area contributed by atoms with Gasteiger partial charge in [-0.1, -0.05) is 0 Å². The van der Waals surface area contributed by atoms with E-state index in [1.54, 1.807) is 0 Å². The molecule has 1 rings (SSSR count). The molecule has 1 fully saturated rings. The Morgan fingerprint density at radius 3 is 2.75 bits per heavy atom. The van der Waals surface area contributed by atoms with Crippen LogP contribution in [0.4, 0.5) is 0 Å². The number of Topliss-reactive ketones (excluding diaryl/α,β-unsaturated/α-hetero) is 1. The van der Waals surface area contributed by atoms with Crippen LogP contribution in [0.2, 0.25) is 0 Å². The second-order valence-corrected chi connectivity index (χ2v) is 2.96. The molecule has 0 aromatic rings. The van der Waals surface area contributed by atoms with Crippen molar-refractivity contribution in [3.8, 4) is 0 Å². The van der Waals surface area contributed by atoms with Gasteiger partial charge in [-0.2, -0.15) is 0 Å². The average molecular weight is 172 g/mol. The summed E-state index contributed by atoms with van der Waals surface area (Å²) in [6, 6.07) is 0. The third-order valence-electron chi connectivity index (χ3n) is 2.19. The van der Waals surface area contributed by atoms with Gasteiger partial charge in [0.15, 0.2) is 5.78 Å². The van der Waals surface area contributed by atoms with Gasteiger partial charge in [0.25, 0.3) is 0 Å². The maximum atomic E-state index is 11.2. The number of ketones is 1. The van der Waals surface area contributed by atoms with E-state index < -0.39 is 18.0 Å². The molecule has 0 saturated heterocycles. The summed E-state index contributed by atoms with van der Waals surface area (Å²) >= 11 is 0. The second-order valence-electron chi connectivity index (χ2n) is 2.96. The smallest absolute Gasteiger partial charge is 0.309 e. The summed E-state index contributed by atoms with van der Waals surface area (Å²) in [5.41, 5.74) is 0. The van der Waals surface area contributed by atoms with E-state index in [1.165, 1.54) is 7.11 Å². The van der Waals surface area contributed by atoms with Crippen LogP contribution in [0.25, 0.3) is 0 Å². The molecule has 0 heterocycles. The topological polar surface area (TPSA) is 63.6 Å². The van der Waals surface area contributed by atoms with Crippen LogP contribution in [0.5, 0.6) is 0 Å². The molecule has 0 spiro atoms. The number of rotatable bonds is 2. The SMILES string of the molecule is COC1C(=O)CCCC1C(=O)O. The molecule has 0 bridgehead atoms. The molecule has 1 N–H and O–H groups in total. The Balaban J connectivity index is 2.70. The predicted octanol–water partition coefficient (Wildman–Crippen LogP) is 0.455. The number of ether oxygens (including phenoxy) is 1. The first kappa shape index (κ1) is 9.19. The van der Waals surface area contributed by atoms with Crippen molar-refractivity contribution in [1.29, 1.82) is 0 Å². The van der Waals surface area contributed by atoms with Gasteiger partial charge in [0.2, 0.25) is 0 Å². The summed E-state index contributed by atoms with van der Waals surface area (Å²) < 4.78 is 4.85. The lowest BCUT2D eigenvalue weighted by atomic mass is 9.85. The number of carboxylic acids is 1. The first-order valence-electron chi connectivity index (χ1n) is 3.95. The van der Waals surface area contributed by atoms with Crippen molar-refractivity contribution in [3.05, 3.63) is 0 Å². The van der Waals surface area contributed by atoms with Crippen LogP contribution in [-0.2, 0) is 14.3 Å². The van der Waals surface area contributed by atoms with E-state index in [4.69, 9.17) is 9.84 Å². The van der Waals surface area contributed by atoms with Gasteiger partial charge in [-0.25, -0.2) is 0 Å². The minimum Gasteiger partial charge on any atom is -0.481 e. The van der Waals surface area contributed by atoms with Crippen LogP contribution in [-0.4, -0.2) is 30.1 Å². The highest BCUT2D eigenvalue weighted by atomic mass is 16.5. The monoisotopic (exact) mass is 172 g/mol. The van der Waals surface area contributed by atoms with E-state index in [0.717, 1.165) is 0 Å². The lowest BCUT2D eigenvalue weighted by Gasteiger charge is -2.25. The third-order valence-corrected chi connectivity index (χ3v) is 2.19. The van der Waals surface area contributed by atoms with Gasteiger partial charge < -0.3 is 9.84 Å². The Morgan fingerprint density at radius 1 is 1.67 bits per heavy atom. The lowest BCUT2D eigenvalue weighted by Crippen LogP contribution is -2.39. The molecule has 0 aromatic carbocycles. The second kappa shape index (κ2) is 3.67. The fourth-order valence-corrected chi connectivity index (χ4v) is 1.56. The zero-order valence-electron chi connectivity index (χ0n) is 6.95. The van der Waals surface area contributed by atoms with Crippen LogP contribution < -0.4 is 0 Å². The molecule has 4 heteroatoms. The molecule has 12 heavy (non-hydrogen) atoms. The first-order chi connectivity index (χ1) is 5.66. The zero-order valence-corrected chi connectivity index (χ0v) is 6.95. The summed E-state index contributed by atoms with van der Waals surface area (Å²) in [7, 11) is 1.38. The van der Waals surface area contributed by atoms with Crippen LogP contribution in [0.1, 0.15) is 19.3 Å². The molecule has 0 radical (unpaired) electrons. The Kier molecular flexibility index (Phi) is 2.81. The van der Waals surface area contributed by atoms with E-state index in [9.17, 15) is 9.59 Å². The summed E-state index contributed by atoms with van der Waals surface area (Å²) in [5, 5.41) is 8.73. The van der Waals surface area contributed by atoms with E-state index in [-0.39, 0.29) is 5.78 Å². The quantitative estimate of drug-likeness (QED) is 0.657. The molecule has 1 aliphatic rings. The molecule has 68 valence electrons. The number of hydrogen-bond acceptors (Lipinski definition) is 3. The molecule has 1 aliphatic carbocycles. The van der Waals surface area contributed by atoms with Crippen LogP contribution in [0.3, 0.4) is 0 Å². The van der Waals surface area contributed by atoms with Crippen molar-refractivity contribution in [2.75, 3.05) is 7.11 Å². The van der Waals surface area contributed by atoms with E-state index in [1.807, 2.05) is 0 Å². The number of carbonyl (C=O) groups excluding carboxylic acids is 1. The number of carbonyl (C=O) groups is 2. The van der Waals surface area contributed by atoms with E-state index >= 15 is 0 Å². The molecule has 0 aliphatic heterocycles. The number of hydrogen-bond donors (Lipinski definition) is 1. The molecule has 4 nitrogen and oxygen atoms in total. The maximum absolute atomic E-state index is 11.2. The number of carboxylic acid groups (broad SMARTS) is 1. The predicted molar refractivity (Wildman–Crippen MR) is 40.8 cm³/mol. The van der Waals surface area contributed by atoms with Crippen LogP contribution >= 0.6 is 0 Å². The third kappa shape index (κ3) is 1.64. The van der Waals surface area contributed by atoms with Crippen molar-refractivity contribution in [1.82, 2.24) is 0 Å². The van der Waals surface area contributed by atoms with Crippen molar-refractivity contribution >= 4 is 11.8 Å². The Morgan fingerprint density at radius 2 is 2.33 bits per heavy atom. The highest BCUT2D eigenvalue weighted by Gasteiger charge is 2.36. The van der Waals surface area contributed by atoms with Crippen LogP contribution in [0.15, 0.2) is 0 Å². The average Bonchev–Trinajstić information content (AvgIpc) is 2.03. The van der Waals surface area contributed by atoms with Gasteiger partial charge >= 0.3 is 5.97 Å². The van der Waals surface area contributed by atoms with Gasteiger partial charge in [0, 0.05) is 13.5 Å². The van der Waals surface area contributed by atoms with Crippen molar-refractivity contribution < 1.29 is 19.4 Å². The minimum atomic E-state index is -0.935. The lowest BCUT2D eigenvalue weighted by molar-refractivity contribution is -0.154. The summed E-state index contributed by atoms with van der Waals surface area (Å²) in [5.74, 6) is -1.66. The minimum absolute atomic E-state index is 0.0869. The van der Waals surface area contributed by atoms with Crippen molar-refractivity contribution in [3.63, 3.8) is 0 Å². The number of methoxy groups -OCH3 is 1. The summed E-state index contributed by atoms with van der Waals surface area (Å²) in [6.07, 6.45) is 0.925. The fourth-order valence-electron chi connectivity index (χ4n) is 1.56. The molecule has 0 aromatic heterocycles. The zero-order chi connectivity index (χ0) is 9.14. The first-order valence-corrected chi connectivity index (χ1v) is 3.95. The standard InChI is InChI=1S/C8H12O4/c1-12-7-5(8(10)11)3-2-4-6(7)9/h5,7H,2-4H2,1H3,(H,10,11). The highest BCUT2D eigenvalue weighted by Crippen LogP contribution is 2.23. The van der Waals surface area contributed by atoms with Crippen LogP contribution in [0, 0.1) is 5.92 Å². The molecule has 2 atom stereocenters. The fraction of sp³-hybridized carbons (Fsp3) is 0.750. The van der Waals surface area contributed by atoms with Gasteiger partial charge in [-0.05, 0) is 12.8 Å². The van der Waals surface area contributed by atoms with E-state index in [0.29, 0.717) is 19.3 Å². The van der Waals surface area contributed by atoms with Gasteiger partial charge in [-0.15, -0.1) is 0 Å². The van der Waals surface area contributed by atoms with Gasteiger partial charge in [-0.3, -0.25) is 9.59 Å². The Hall–Kier alpha value is -0.900. The van der Waals surface area contributed by atoms with Crippen molar-refractivity contribution in [2.24, 2.45) is 5.92 Å². The highest BCUT2D eigenvalue weighted by molar-refractivity contribution is 5.89. The Labute approximate surface area is 70.5 Å². The maximum Gasteiger partial charge on any atom is 0.309 e. The largest absolute Gasteiger partial charge is 0.481 e. The van der Waals surface area contributed by atoms with E-state index in [2.05, 4.69) is 0 Å². The molecule has 2 unspecified atom stereocenters. The van der Waals surface area contributed by atoms with Gasteiger partial charge in [0.05, 0.1) is 5.92 Å². The molecule has 1 saturated carbocycles.